The highest BCUT2D eigenvalue weighted by atomic mass is 35.5. The highest BCUT2D eigenvalue weighted by Crippen LogP contribution is 2.29. The van der Waals surface area contributed by atoms with Crippen LogP contribution in [0.25, 0.3) is 22.3 Å². The van der Waals surface area contributed by atoms with E-state index in [0.29, 0.717) is 21.8 Å². The summed E-state index contributed by atoms with van der Waals surface area (Å²) in [7, 11) is 0. The van der Waals surface area contributed by atoms with Gasteiger partial charge in [-0.2, -0.15) is 0 Å². The maximum absolute atomic E-state index is 13.8. The van der Waals surface area contributed by atoms with Gasteiger partial charge in [0.25, 0.3) is 0 Å². The number of hydrogen-bond acceptors (Lipinski definition) is 2. The Bertz CT molecular complexity index is 774. The summed E-state index contributed by atoms with van der Waals surface area (Å²) < 4.78 is 13.8. The molecule has 0 saturated heterocycles. The van der Waals surface area contributed by atoms with E-state index < -0.39 is 5.82 Å². The fourth-order valence-corrected chi connectivity index (χ4v) is 2.30. The van der Waals surface area contributed by atoms with Crippen molar-refractivity contribution in [3.63, 3.8) is 0 Å². The minimum Gasteiger partial charge on any atom is -0.225 e. The molecule has 0 unspecified atom stereocenters. The van der Waals surface area contributed by atoms with Crippen LogP contribution in [-0.2, 0) is 0 Å². The largest absolute Gasteiger partial charge is 0.225 e. The quantitative estimate of drug-likeness (QED) is 0.605. The lowest BCUT2D eigenvalue weighted by molar-refractivity contribution is 0.636. The molecule has 0 fully saturated rings. The van der Waals surface area contributed by atoms with Crippen molar-refractivity contribution >= 4 is 34.1 Å². The van der Waals surface area contributed by atoms with Gasteiger partial charge >= 0.3 is 0 Å². The zero-order valence-electron chi connectivity index (χ0n) is 9.57. The zero-order chi connectivity index (χ0) is 13.4. The topological polar surface area (TPSA) is 25.8 Å². The molecular formula is C14H7Cl2FN2. The van der Waals surface area contributed by atoms with Crippen LogP contribution >= 0.6 is 23.2 Å². The van der Waals surface area contributed by atoms with E-state index in [-0.39, 0.29) is 10.7 Å². The smallest absolute Gasteiger partial charge is 0.163 e. The minimum absolute atomic E-state index is 0.192. The Kier molecular flexibility index (Phi) is 3.09. The zero-order valence-corrected chi connectivity index (χ0v) is 11.1. The van der Waals surface area contributed by atoms with Crippen molar-refractivity contribution in [3.8, 4) is 11.4 Å². The second-order valence-corrected chi connectivity index (χ2v) is 4.72. The van der Waals surface area contributed by atoms with E-state index in [9.17, 15) is 4.39 Å². The molecule has 0 aliphatic heterocycles. The molecule has 19 heavy (non-hydrogen) atoms. The Labute approximate surface area is 118 Å². The molecule has 0 radical (unpaired) electrons. The lowest BCUT2D eigenvalue weighted by Gasteiger charge is -2.06. The van der Waals surface area contributed by atoms with Gasteiger partial charge in [-0.05, 0) is 24.3 Å². The van der Waals surface area contributed by atoms with Crippen molar-refractivity contribution < 1.29 is 4.39 Å². The van der Waals surface area contributed by atoms with E-state index in [0.717, 1.165) is 0 Å². The summed E-state index contributed by atoms with van der Waals surface area (Å²) in [5.74, 6) is -0.122. The highest BCUT2D eigenvalue weighted by Gasteiger charge is 2.12. The van der Waals surface area contributed by atoms with Gasteiger partial charge in [-0.25, -0.2) is 14.4 Å². The maximum atomic E-state index is 13.8. The van der Waals surface area contributed by atoms with Crippen molar-refractivity contribution in [2.24, 2.45) is 0 Å². The van der Waals surface area contributed by atoms with Gasteiger partial charge in [-0.3, -0.25) is 0 Å². The van der Waals surface area contributed by atoms with Gasteiger partial charge in [-0.15, -0.1) is 0 Å². The lowest BCUT2D eigenvalue weighted by Crippen LogP contribution is -1.94. The first-order valence-corrected chi connectivity index (χ1v) is 6.29. The van der Waals surface area contributed by atoms with Crippen molar-refractivity contribution in [1.29, 1.82) is 0 Å². The molecule has 5 heteroatoms. The summed E-state index contributed by atoms with van der Waals surface area (Å²) in [5, 5.41) is 1.19. The molecule has 94 valence electrons. The number of aromatic nitrogens is 2. The molecule has 0 bridgehead atoms. The predicted octanol–water partition coefficient (Wildman–Crippen LogP) is 4.74. The van der Waals surface area contributed by atoms with Crippen molar-refractivity contribution in [1.82, 2.24) is 9.97 Å². The van der Waals surface area contributed by atoms with Crippen LogP contribution in [0.2, 0.25) is 10.2 Å². The molecule has 0 saturated carbocycles. The number of hydrogen-bond donors (Lipinski definition) is 0. The molecule has 2 nitrogen and oxygen atoms in total. The molecule has 0 aliphatic carbocycles. The average Bonchev–Trinajstić information content (AvgIpc) is 2.40. The van der Waals surface area contributed by atoms with Crippen LogP contribution in [0.4, 0.5) is 4.39 Å². The molecule has 0 aliphatic rings. The summed E-state index contributed by atoms with van der Waals surface area (Å²) in [6.07, 6.45) is 0. The first-order valence-electron chi connectivity index (χ1n) is 5.53. The van der Waals surface area contributed by atoms with Crippen molar-refractivity contribution in [2.45, 2.75) is 0 Å². The number of fused-ring (bicyclic) bond motifs is 1. The summed E-state index contributed by atoms with van der Waals surface area (Å²) in [4.78, 5) is 8.39. The molecule has 3 aromatic rings. The average molecular weight is 293 g/mol. The van der Waals surface area contributed by atoms with Crippen LogP contribution in [0.1, 0.15) is 0 Å². The lowest BCUT2D eigenvalue weighted by atomic mass is 10.2. The first-order chi connectivity index (χ1) is 9.16. The van der Waals surface area contributed by atoms with Gasteiger partial charge in [0.15, 0.2) is 5.82 Å². The SMILES string of the molecule is Fc1cccc2c(Cl)nc(-c3ccccc3Cl)nc12. The standard InChI is InChI=1S/C14H7Cl2FN2/c15-10-6-2-1-4-8(10)14-18-12-9(13(16)19-14)5-3-7-11(12)17/h1-7H. The van der Waals surface area contributed by atoms with Gasteiger partial charge in [-0.1, -0.05) is 41.4 Å². The second kappa shape index (κ2) is 4.76. The third kappa shape index (κ3) is 2.15. The molecular weight excluding hydrogens is 286 g/mol. The number of halogens is 3. The number of benzene rings is 2. The van der Waals surface area contributed by atoms with Gasteiger partial charge in [0.2, 0.25) is 0 Å². The van der Waals surface area contributed by atoms with Crippen LogP contribution in [0.15, 0.2) is 42.5 Å². The molecule has 0 amide bonds. The van der Waals surface area contributed by atoms with E-state index in [1.54, 1.807) is 30.3 Å². The third-order valence-electron chi connectivity index (χ3n) is 2.75. The van der Waals surface area contributed by atoms with Gasteiger partial charge in [0.1, 0.15) is 16.5 Å². The van der Waals surface area contributed by atoms with E-state index in [1.807, 2.05) is 6.07 Å². The Morgan fingerprint density at radius 1 is 0.895 bits per heavy atom. The first kappa shape index (κ1) is 12.3. The molecule has 3 rings (SSSR count). The molecule has 0 atom stereocenters. The molecule has 1 heterocycles. The van der Waals surface area contributed by atoms with Crippen molar-refractivity contribution in [3.05, 3.63) is 58.5 Å². The molecule has 0 spiro atoms. The fourth-order valence-electron chi connectivity index (χ4n) is 1.84. The normalized spacial score (nSPS) is 10.9. The summed E-state index contributed by atoms with van der Waals surface area (Å²) in [6.45, 7) is 0. The van der Waals surface area contributed by atoms with Gasteiger partial charge < -0.3 is 0 Å². The van der Waals surface area contributed by atoms with E-state index in [1.165, 1.54) is 6.07 Å². The number of nitrogens with zero attached hydrogens (tertiary/aromatic N) is 2. The molecule has 2 aromatic carbocycles. The summed E-state index contributed by atoms with van der Waals surface area (Å²) in [5.41, 5.74) is 0.814. The van der Waals surface area contributed by atoms with E-state index >= 15 is 0 Å². The van der Waals surface area contributed by atoms with Gasteiger partial charge in [0.05, 0.1) is 5.02 Å². The number of para-hydroxylation sites is 1. The molecule has 1 aromatic heterocycles. The maximum Gasteiger partial charge on any atom is 0.163 e. The second-order valence-electron chi connectivity index (χ2n) is 3.95. The fraction of sp³-hybridized carbons (Fsp3) is 0. The Balaban J connectivity index is 2.33. The highest BCUT2D eigenvalue weighted by molar-refractivity contribution is 6.35. The van der Waals surface area contributed by atoms with E-state index in [2.05, 4.69) is 9.97 Å². The van der Waals surface area contributed by atoms with Crippen molar-refractivity contribution in [2.75, 3.05) is 0 Å². The Morgan fingerprint density at radius 3 is 2.47 bits per heavy atom. The summed E-state index contributed by atoms with van der Waals surface area (Å²) in [6, 6.07) is 11.7. The number of rotatable bonds is 1. The van der Waals surface area contributed by atoms with Crippen LogP contribution in [-0.4, -0.2) is 9.97 Å². The minimum atomic E-state index is -0.435. The van der Waals surface area contributed by atoms with Crippen LogP contribution < -0.4 is 0 Å². The molecule has 0 N–H and O–H groups in total. The van der Waals surface area contributed by atoms with Crippen LogP contribution in [0, 0.1) is 5.82 Å². The van der Waals surface area contributed by atoms with Gasteiger partial charge in [0, 0.05) is 10.9 Å². The van der Waals surface area contributed by atoms with E-state index in [4.69, 9.17) is 23.2 Å². The Hall–Kier alpha value is -1.71. The third-order valence-corrected chi connectivity index (χ3v) is 3.36. The monoisotopic (exact) mass is 292 g/mol. The Morgan fingerprint density at radius 2 is 1.68 bits per heavy atom. The predicted molar refractivity (Wildman–Crippen MR) is 75.0 cm³/mol. The van der Waals surface area contributed by atoms with Crippen LogP contribution in [0.5, 0.6) is 0 Å². The summed E-state index contributed by atoms with van der Waals surface area (Å²) >= 11 is 12.2. The van der Waals surface area contributed by atoms with Crippen LogP contribution in [0.3, 0.4) is 0 Å².